The number of carbonyl (C=O) groups is 1. The minimum Gasteiger partial charge on any atom is -0.384 e. The number of piperidine rings is 1. The van der Waals surface area contributed by atoms with Gasteiger partial charge in [0.15, 0.2) is 0 Å². The number of hydrogen-bond acceptors (Lipinski definition) is 10. The monoisotopic (exact) mass is 577 g/mol. The molecule has 2 aliphatic heterocycles. The smallest absolute Gasteiger partial charge is 0.143 e. The van der Waals surface area contributed by atoms with Gasteiger partial charge in [-0.2, -0.15) is 0 Å². The molecule has 10 heteroatoms. The summed E-state index contributed by atoms with van der Waals surface area (Å²) < 4.78 is 11.1. The van der Waals surface area contributed by atoms with Gasteiger partial charge in [-0.1, -0.05) is 23.4 Å². The van der Waals surface area contributed by atoms with E-state index in [4.69, 9.17) is 14.2 Å². The summed E-state index contributed by atoms with van der Waals surface area (Å²) in [5.41, 5.74) is 4.79. The largest absolute Gasteiger partial charge is 0.384 e. The zero-order chi connectivity index (χ0) is 27.3. The molecule has 2 aliphatic rings. The van der Waals surface area contributed by atoms with Gasteiger partial charge in [-0.05, 0) is 56.4 Å². The lowest BCUT2D eigenvalue weighted by molar-refractivity contribution is -0.113. The molecule has 5 heterocycles. The van der Waals surface area contributed by atoms with Gasteiger partial charge in [0, 0.05) is 53.6 Å². The summed E-state index contributed by atoms with van der Waals surface area (Å²) in [6.07, 6.45) is 3.07. The minimum absolute atomic E-state index is 0.139. The standard InChI is InChI=1S/C30H35N5O3S2/c1-21-28(29(33-38-21)23-4-2-5-24(18-23)31-9-12-34-13-15-37-16-14-34)25-20-40-30(32-25)22-7-10-35(11-8-22)26(19-36)27-6-3-17-39-27/h2-6,17-20,22,26,31H,7-16H2,1H3. The molecule has 2 fully saturated rings. The van der Waals surface area contributed by atoms with Crippen LogP contribution in [0.3, 0.4) is 0 Å². The lowest BCUT2D eigenvalue weighted by Gasteiger charge is -2.34. The molecule has 2 saturated heterocycles. The first-order valence-corrected chi connectivity index (χ1v) is 15.7. The Morgan fingerprint density at radius 3 is 2.75 bits per heavy atom. The number of morpholine rings is 1. The molecular weight excluding hydrogens is 542 g/mol. The Morgan fingerprint density at radius 2 is 1.98 bits per heavy atom. The van der Waals surface area contributed by atoms with E-state index in [0.29, 0.717) is 5.92 Å². The molecule has 6 rings (SSSR count). The normalized spacial score (nSPS) is 18.1. The Hall–Kier alpha value is -2.89. The molecule has 3 aromatic heterocycles. The summed E-state index contributed by atoms with van der Waals surface area (Å²) in [7, 11) is 0. The third-order valence-corrected chi connectivity index (χ3v) is 9.82. The molecule has 1 atom stereocenters. The van der Waals surface area contributed by atoms with E-state index in [1.165, 1.54) is 0 Å². The number of nitrogens with one attached hydrogen (secondary N) is 1. The molecule has 0 aliphatic carbocycles. The molecule has 0 bridgehead atoms. The van der Waals surface area contributed by atoms with Crippen molar-refractivity contribution in [1.82, 2.24) is 19.9 Å². The van der Waals surface area contributed by atoms with Gasteiger partial charge in [-0.25, -0.2) is 4.98 Å². The predicted molar refractivity (Wildman–Crippen MR) is 160 cm³/mol. The van der Waals surface area contributed by atoms with Crippen LogP contribution in [0.4, 0.5) is 5.69 Å². The molecule has 1 unspecified atom stereocenters. The van der Waals surface area contributed by atoms with Crippen molar-refractivity contribution in [3.63, 3.8) is 0 Å². The average molecular weight is 578 g/mol. The number of aromatic nitrogens is 2. The van der Waals surface area contributed by atoms with Gasteiger partial charge in [0.05, 0.1) is 29.5 Å². The van der Waals surface area contributed by atoms with Crippen molar-refractivity contribution in [2.45, 2.75) is 31.7 Å². The zero-order valence-electron chi connectivity index (χ0n) is 22.8. The summed E-state index contributed by atoms with van der Waals surface area (Å²) >= 11 is 3.37. The number of aldehydes is 1. The van der Waals surface area contributed by atoms with Crippen molar-refractivity contribution < 1.29 is 14.1 Å². The maximum atomic E-state index is 11.8. The van der Waals surface area contributed by atoms with Crippen LogP contribution in [0.25, 0.3) is 22.5 Å². The van der Waals surface area contributed by atoms with Gasteiger partial charge >= 0.3 is 0 Å². The van der Waals surface area contributed by atoms with E-state index in [-0.39, 0.29) is 6.04 Å². The summed E-state index contributed by atoms with van der Waals surface area (Å²) in [4.78, 5) is 22.8. The second kappa shape index (κ2) is 12.7. The molecule has 0 radical (unpaired) electrons. The van der Waals surface area contributed by atoms with Gasteiger partial charge in [0.2, 0.25) is 0 Å². The highest BCUT2D eigenvalue weighted by Crippen LogP contribution is 2.39. The van der Waals surface area contributed by atoms with E-state index in [0.717, 1.165) is 115 Å². The highest BCUT2D eigenvalue weighted by molar-refractivity contribution is 7.10. The first-order chi connectivity index (χ1) is 19.7. The topological polar surface area (TPSA) is 83.7 Å². The van der Waals surface area contributed by atoms with E-state index >= 15 is 0 Å². The molecule has 1 N–H and O–H groups in total. The quantitative estimate of drug-likeness (QED) is 0.241. The van der Waals surface area contributed by atoms with Gasteiger partial charge in [-0.3, -0.25) is 9.80 Å². The first-order valence-electron chi connectivity index (χ1n) is 14.0. The molecule has 1 aromatic carbocycles. The number of thiazole rings is 1. The Balaban J connectivity index is 1.12. The second-order valence-corrected chi connectivity index (χ2v) is 12.3. The number of carbonyl (C=O) groups excluding carboxylic acids is 1. The molecule has 0 saturated carbocycles. The van der Waals surface area contributed by atoms with Crippen molar-refractivity contribution >= 4 is 34.6 Å². The predicted octanol–water partition coefficient (Wildman–Crippen LogP) is 5.70. The summed E-state index contributed by atoms with van der Waals surface area (Å²) in [6, 6.07) is 12.3. The van der Waals surface area contributed by atoms with Crippen LogP contribution >= 0.6 is 22.7 Å². The van der Waals surface area contributed by atoms with Gasteiger partial charge in [-0.15, -0.1) is 22.7 Å². The van der Waals surface area contributed by atoms with E-state index in [1.54, 1.807) is 22.7 Å². The number of anilines is 1. The van der Waals surface area contributed by atoms with Crippen LogP contribution in [0.1, 0.15) is 40.4 Å². The van der Waals surface area contributed by atoms with Crippen LogP contribution in [0.15, 0.2) is 51.7 Å². The van der Waals surface area contributed by atoms with Crippen LogP contribution in [-0.2, 0) is 9.53 Å². The van der Waals surface area contributed by atoms with Crippen LogP contribution in [-0.4, -0.2) is 78.7 Å². The lowest BCUT2D eigenvalue weighted by Crippen LogP contribution is -2.38. The molecule has 40 heavy (non-hydrogen) atoms. The Kier molecular flexibility index (Phi) is 8.69. The SMILES string of the molecule is Cc1onc(-c2cccc(NCCN3CCOCC3)c2)c1-c1csc(C2CCN(C(C=O)c3cccs3)CC2)n1. The van der Waals surface area contributed by atoms with Gasteiger partial charge in [0.25, 0.3) is 0 Å². The molecule has 8 nitrogen and oxygen atoms in total. The molecule has 0 spiro atoms. The number of rotatable bonds is 10. The zero-order valence-corrected chi connectivity index (χ0v) is 24.4. The summed E-state index contributed by atoms with van der Waals surface area (Å²) in [5.74, 6) is 1.17. The number of likely N-dealkylation sites (tertiary alicyclic amines) is 1. The minimum atomic E-state index is -0.139. The highest BCUT2D eigenvalue weighted by Gasteiger charge is 2.29. The van der Waals surface area contributed by atoms with Crippen LogP contribution in [0.2, 0.25) is 0 Å². The summed E-state index contributed by atoms with van der Waals surface area (Å²) in [6.45, 7) is 9.23. The second-order valence-electron chi connectivity index (χ2n) is 10.4. The fourth-order valence-corrected chi connectivity index (χ4v) is 7.44. The van der Waals surface area contributed by atoms with Crippen LogP contribution < -0.4 is 5.32 Å². The number of nitrogens with zero attached hydrogens (tertiary/aromatic N) is 4. The van der Waals surface area contributed by atoms with Crippen molar-refractivity contribution in [2.24, 2.45) is 0 Å². The van der Waals surface area contributed by atoms with Crippen LogP contribution in [0, 0.1) is 6.92 Å². The number of aryl methyl sites for hydroxylation is 1. The Bertz CT molecular complexity index is 1390. The third kappa shape index (κ3) is 6.06. The lowest BCUT2D eigenvalue weighted by atomic mass is 9.96. The number of ether oxygens (including phenoxy) is 1. The van der Waals surface area contributed by atoms with E-state index in [1.807, 2.05) is 18.4 Å². The Morgan fingerprint density at radius 1 is 1.12 bits per heavy atom. The molecule has 4 aromatic rings. The third-order valence-electron chi connectivity index (χ3n) is 7.87. The van der Waals surface area contributed by atoms with Crippen molar-refractivity contribution in [3.05, 3.63) is 62.8 Å². The van der Waals surface area contributed by atoms with Crippen molar-refractivity contribution in [2.75, 3.05) is 57.8 Å². The maximum Gasteiger partial charge on any atom is 0.143 e. The van der Waals surface area contributed by atoms with Gasteiger partial charge < -0.3 is 19.4 Å². The van der Waals surface area contributed by atoms with Crippen molar-refractivity contribution in [3.8, 4) is 22.5 Å². The fraction of sp³-hybridized carbons (Fsp3) is 0.433. The van der Waals surface area contributed by atoms with E-state index in [9.17, 15) is 4.79 Å². The van der Waals surface area contributed by atoms with Gasteiger partial charge in [0.1, 0.15) is 23.8 Å². The van der Waals surface area contributed by atoms with Crippen molar-refractivity contribution in [1.29, 1.82) is 0 Å². The maximum absolute atomic E-state index is 11.8. The Labute approximate surface area is 243 Å². The molecular formula is C30H35N5O3S2. The van der Waals surface area contributed by atoms with E-state index < -0.39 is 0 Å². The number of hydrogen-bond donors (Lipinski definition) is 1. The average Bonchev–Trinajstić information content (AvgIpc) is 3.77. The van der Waals surface area contributed by atoms with Crippen LogP contribution in [0.5, 0.6) is 0 Å². The summed E-state index contributed by atoms with van der Waals surface area (Å²) in [5, 5.41) is 13.3. The molecule has 210 valence electrons. The molecule has 0 amide bonds. The highest BCUT2D eigenvalue weighted by atomic mass is 32.1. The van der Waals surface area contributed by atoms with E-state index in [2.05, 4.69) is 56.0 Å². The number of benzene rings is 1. The first kappa shape index (κ1) is 27.3. The number of thiophene rings is 1. The fourth-order valence-electron chi connectivity index (χ4n) is 5.64.